The maximum Gasteiger partial charge on any atom is 0.692 e. The van der Waals surface area contributed by atoms with Crippen molar-refractivity contribution in [3.63, 3.8) is 0 Å². The Bertz CT molecular complexity index is 854. The molecule has 1 fully saturated rings. The first-order chi connectivity index (χ1) is 12.5. The molecule has 8 N–H and O–H groups in total. The van der Waals surface area contributed by atoms with Crippen molar-refractivity contribution in [1.29, 1.82) is 0 Å². The van der Waals surface area contributed by atoms with Crippen molar-refractivity contribution >= 4 is 33.1 Å². The molecule has 27 heavy (non-hydrogen) atoms. The second-order valence-corrected chi connectivity index (χ2v) is 6.91. The molecule has 0 amide bonds. The highest BCUT2D eigenvalue weighted by atomic mass is 31.2. The number of ether oxygens (including phenoxy) is 1. The summed E-state index contributed by atoms with van der Waals surface area (Å²) in [6.07, 6.45) is -2.49. The van der Waals surface area contributed by atoms with Crippen LogP contribution in [0.1, 0.15) is 6.23 Å². The third-order valence-electron chi connectivity index (χ3n) is 3.41. The van der Waals surface area contributed by atoms with Crippen molar-refractivity contribution in [3.8, 4) is 0 Å². The first-order valence-corrected chi connectivity index (χ1v) is 9.70. The van der Waals surface area contributed by atoms with E-state index in [1.165, 1.54) is 17.2 Å². The number of phosphoric ester groups is 1. The van der Waals surface area contributed by atoms with Crippen LogP contribution < -0.4 is 5.73 Å². The van der Waals surface area contributed by atoms with Gasteiger partial charge in [0.15, 0.2) is 17.7 Å². The fraction of sp³-hybridized carbons (Fsp3) is 0.500. The Kier molecular flexibility index (Phi) is 6.88. The van der Waals surface area contributed by atoms with E-state index in [4.69, 9.17) is 34.6 Å². The van der Waals surface area contributed by atoms with Gasteiger partial charge in [0.1, 0.15) is 30.2 Å². The number of aromatic nitrogens is 4. The molecule has 3 rings (SSSR count). The van der Waals surface area contributed by atoms with Crippen LogP contribution in [0.4, 0.5) is 5.82 Å². The number of nitrogens with two attached hydrogens (primary N) is 1. The minimum Gasteiger partial charge on any atom is -0.387 e. The van der Waals surface area contributed by atoms with Crippen LogP contribution in [0.3, 0.4) is 0 Å². The summed E-state index contributed by atoms with van der Waals surface area (Å²) in [5.41, 5.74) is 6.25. The number of fused-ring (bicyclic) bond motifs is 1. The minimum atomic E-state index is -4.72. The smallest absolute Gasteiger partial charge is 0.387 e. The van der Waals surface area contributed by atoms with Crippen LogP contribution in [0.5, 0.6) is 0 Å². The summed E-state index contributed by atoms with van der Waals surface area (Å²) in [6.45, 7) is -0.594. The molecule has 3 heterocycles. The molecule has 0 radical (unpaired) electrons. The van der Waals surface area contributed by atoms with Crippen LogP contribution in [-0.2, 0) is 18.4 Å². The number of rotatable bonds is 4. The van der Waals surface area contributed by atoms with Crippen LogP contribution in [-0.4, -0.2) is 74.2 Å². The maximum absolute atomic E-state index is 10.7. The number of nitrogen functional groups attached to an aromatic ring is 1. The summed E-state index contributed by atoms with van der Waals surface area (Å²) in [7, 11) is -7.59. The van der Waals surface area contributed by atoms with Crippen LogP contribution in [0.15, 0.2) is 12.7 Å². The third-order valence-corrected chi connectivity index (χ3v) is 3.89. The van der Waals surface area contributed by atoms with Gasteiger partial charge in [0, 0.05) is 4.57 Å². The quantitative estimate of drug-likeness (QED) is 0.255. The molecule has 0 aliphatic carbocycles. The molecule has 1 saturated heterocycles. The van der Waals surface area contributed by atoms with Gasteiger partial charge in [-0.1, -0.05) is 0 Å². The lowest BCUT2D eigenvalue weighted by atomic mass is 10.1. The Labute approximate surface area is 151 Å². The van der Waals surface area contributed by atoms with E-state index >= 15 is 0 Å². The fourth-order valence-corrected chi connectivity index (χ4v) is 2.66. The van der Waals surface area contributed by atoms with E-state index in [-0.39, 0.29) is 11.5 Å². The van der Waals surface area contributed by atoms with Crippen LogP contribution >= 0.6 is 16.1 Å². The van der Waals surface area contributed by atoms with Gasteiger partial charge in [0.05, 0.1) is 12.9 Å². The van der Waals surface area contributed by atoms with Crippen LogP contribution in [0.25, 0.3) is 11.2 Å². The Balaban J connectivity index is 0.000000596. The zero-order valence-corrected chi connectivity index (χ0v) is 15.0. The van der Waals surface area contributed by atoms with Gasteiger partial charge in [-0.3, -0.25) is 9.09 Å². The summed E-state index contributed by atoms with van der Waals surface area (Å²) < 4.78 is 30.5. The highest BCUT2D eigenvalue weighted by Gasteiger charge is 2.45. The molecule has 17 heteroatoms. The van der Waals surface area contributed by atoms with Crippen molar-refractivity contribution < 1.29 is 48.2 Å². The van der Waals surface area contributed by atoms with Crippen molar-refractivity contribution in [2.24, 2.45) is 0 Å². The average molecular weight is 428 g/mol. The highest BCUT2D eigenvalue weighted by Crippen LogP contribution is 2.38. The molecule has 0 spiro atoms. The van der Waals surface area contributed by atoms with Crippen LogP contribution in [0.2, 0.25) is 0 Å². The largest absolute Gasteiger partial charge is 0.692 e. The zero-order valence-electron chi connectivity index (χ0n) is 13.2. The van der Waals surface area contributed by atoms with Gasteiger partial charge in [-0.05, 0) is 0 Å². The summed E-state index contributed by atoms with van der Waals surface area (Å²) in [5.74, 6) is 0.142. The number of phosphoric acid groups is 1. The molecular formula is C10H16N5O10P2+. The van der Waals surface area contributed by atoms with Gasteiger partial charge >= 0.3 is 16.1 Å². The lowest BCUT2D eigenvalue weighted by molar-refractivity contribution is -0.0504. The number of aliphatic hydroxyl groups is 2. The monoisotopic (exact) mass is 428 g/mol. The minimum absolute atomic E-state index is 0.142. The molecule has 0 aromatic carbocycles. The second kappa shape index (κ2) is 8.58. The molecule has 0 unspecified atom stereocenters. The van der Waals surface area contributed by atoms with E-state index in [9.17, 15) is 14.8 Å². The number of hydrogen-bond acceptors (Lipinski definition) is 10. The molecule has 15 nitrogen and oxygen atoms in total. The number of aliphatic hydroxyl groups excluding tert-OH is 2. The van der Waals surface area contributed by atoms with Crippen molar-refractivity contribution in [2.75, 3.05) is 12.3 Å². The topological polar surface area (TPSA) is 244 Å². The number of hydrogen-bond donors (Lipinski definition) is 7. The predicted molar refractivity (Wildman–Crippen MR) is 85.7 cm³/mol. The van der Waals surface area contributed by atoms with Crippen molar-refractivity contribution in [1.82, 2.24) is 19.5 Å². The van der Waals surface area contributed by atoms with Gasteiger partial charge < -0.3 is 30.5 Å². The Hall–Kier alpha value is -1.64. The first kappa shape index (κ1) is 21.7. The molecule has 2 aromatic rings. The SMILES string of the molecule is Nc1ncnc2c1ncn2[C@@H]1O[C@H](COP(=O)(O)O)[C@@H](O)[C@H]1O.O=[P+](O)O. The normalized spacial score (nSPS) is 25.3. The fourth-order valence-electron chi connectivity index (χ4n) is 2.32. The van der Waals surface area contributed by atoms with Crippen molar-refractivity contribution in [2.45, 2.75) is 24.5 Å². The van der Waals surface area contributed by atoms with Gasteiger partial charge in [0.25, 0.3) is 0 Å². The molecule has 1 aliphatic rings. The predicted octanol–water partition coefficient (Wildman–Crippen LogP) is -2.23. The molecule has 150 valence electrons. The number of nitrogens with zero attached hydrogens (tertiary/aromatic N) is 4. The number of imidazole rings is 1. The van der Waals surface area contributed by atoms with E-state index in [1.807, 2.05) is 0 Å². The van der Waals surface area contributed by atoms with Gasteiger partial charge in [0.2, 0.25) is 0 Å². The zero-order chi connectivity index (χ0) is 20.4. The Morgan fingerprint density at radius 3 is 2.48 bits per heavy atom. The summed E-state index contributed by atoms with van der Waals surface area (Å²) in [6, 6.07) is 0. The average Bonchev–Trinajstić information content (AvgIpc) is 3.08. The molecule has 2 aromatic heterocycles. The van der Waals surface area contributed by atoms with E-state index in [2.05, 4.69) is 19.5 Å². The van der Waals surface area contributed by atoms with Crippen molar-refractivity contribution in [3.05, 3.63) is 12.7 Å². The maximum atomic E-state index is 10.7. The summed E-state index contributed by atoms with van der Waals surface area (Å²) in [5, 5.41) is 20.1. The number of anilines is 1. The lowest BCUT2D eigenvalue weighted by Crippen LogP contribution is -2.33. The van der Waals surface area contributed by atoms with Gasteiger partial charge in [-0.25, -0.2) is 19.5 Å². The second-order valence-electron chi connectivity index (χ2n) is 5.17. The standard InChI is InChI=1S/C10H14N5O7P.HO3P/c11-8-5-9(13-2-12-8)15(3-14-5)10-7(17)6(16)4(22-10)1-21-23(18,19)20;1-4(2)3/h2-4,6-7,10,16-17H,1H2,(H2,11,12,13)(H2,18,19,20);(H-,1,2,3)/p+1/t4-,6-,7-,10-;/m1./s1. The van der Waals surface area contributed by atoms with E-state index in [0.717, 1.165) is 0 Å². The van der Waals surface area contributed by atoms with E-state index in [1.54, 1.807) is 0 Å². The van der Waals surface area contributed by atoms with Crippen LogP contribution in [0, 0.1) is 0 Å². The highest BCUT2D eigenvalue weighted by molar-refractivity contribution is 7.46. The third kappa shape index (κ3) is 5.43. The molecular weight excluding hydrogens is 412 g/mol. The summed E-state index contributed by atoms with van der Waals surface area (Å²) in [4.78, 5) is 43.4. The molecule has 4 atom stereocenters. The molecule has 0 saturated carbocycles. The van der Waals surface area contributed by atoms with E-state index < -0.39 is 47.2 Å². The van der Waals surface area contributed by atoms with E-state index in [0.29, 0.717) is 5.52 Å². The lowest BCUT2D eigenvalue weighted by Gasteiger charge is -2.16. The Morgan fingerprint density at radius 1 is 1.26 bits per heavy atom. The first-order valence-electron chi connectivity index (χ1n) is 7.01. The van der Waals surface area contributed by atoms with Gasteiger partial charge in [-0.2, -0.15) is 0 Å². The molecule has 0 bridgehead atoms. The Morgan fingerprint density at radius 2 is 1.89 bits per heavy atom. The summed E-state index contributed by atoms with van der Waals surface area (Å²) >= 11 is 0. The molecule has 1 aliphatic heterocycles. The van der Waals surface area contributed by atoms with Gasteiger partial charge in [-0.15, -0.1) is 9.79 Å².